The van der Waals surface area contributed by atoms with Crippen LogP contribution in [0.25, 0.3) is 22.3 Å². The Morgan fingerprint density at radius 2 is 1.94 bits per heavy atom. The van der Waals surface area contributed by atoms with Crippen LogP contribution in [0.5, 0.6) is 0 Å². The van der Waals surface area contributed by atoms with Crippen LogP contribution in [0.2, 0.25) is 5.02 Å². The summed E-state index contributed by atoms with van der Waals surface area (Å²) in [6, 6.07) is 7.21. The number of fused-ring (bicyclic) bond motifs is 1. The largest absolute Gasteiger partial charge is 0.404 e. The fourth-order valence-electron chi connectivity index (χ4n) is 3.72. The number of alkyl halides is 3. The van der Waals surface area contributed by atoms with Gasteiger partial charge in [0.25, 0.3) is 0 Å². The second kappa shape index (κ2) is 8.06. The molecule has 32 heavy (non-hydrogen) atoms. The zero-order valence-corrected chi connectivity index (χ0v) is 18.4. The molecular weight excluding hydrogens is 465 g/mol. The van der Waals surface area contributed by atoms with E-state index < -0.39 is 22.2 Å². The highest BCUT2D eigenvalue weighted by molar-refractivity contribution is 7.89. The molecule has 0 unspecified atom stereocenters. The minimum Gasteiger partial charge on any atom is -0.321 e. The van der Waals surface area contributed by atoms with Crippen molar-refractivity contribution in [1.82, 2.24) is 14.3 Å². The Hall–Kier alpha value is -2.61. The van der Waals surface area contributed by atoms with Gasteiger partial charge >= 0.3 is 6.18 Å². The lowest BCUT2D eigenvalue weighted by Gasteiger charge is -2.29. The number of sulfonamides is 1. The van der Waals surface area contributed by atoms with Gasteiger partial charge in [-0.1, -0.05) is 23.7 Å². The highest BCUT2D eigenvalue weighted by atomic mass is 35.5. The van der Waals surface area contributed by atoms with E-state index in [-0.39, 0.29) is 10.9 Å². The second-order valence-electron chi connectivity index (χ2n) is 7.72. The third-order valence-electron chi connectivity index (χ3n) is 5.62. The first-order valence-electron chi connectivity index (χ1n) is 9.82. The number of aromatic nitrogens is 2. The molecular formula is C21H18ClF3N4O2S. The van der Waals surface area contributed by atoms with Crippen LogP contribution in [0.4, 0.5) is 13.2 Å². The van der Waals surface area contributed by atoms with Crippen LogP contribution in [0.1, 0.15) is 37.8 Å². The summed E-state index contributed by atoms with van der Waals surface area (Å²) < 4.78 is 66.7. The predicted octanol–water partition coefficient (Wildman–Crippen LogP) is 5.18. The molecule has 0 saturated heterocycles. The lowest BCUT2D eigenvalue weighted by molar-refractivity contribution is -0.147. The Kier molecular flexibility index (Phi) is 5.69. The van der Waals surface area contributed by atoms with Crippen LogP contribution >= 0.6 is 11.6 Å². The minimum absolute atomic E-state index is 0.140. The summed E-state index contributed by atoms with van der Waals surface area (Å²) in [6.07, 6.45) is -0.325. The number of rotatable bonds is 5. The maximum atomic E-state index is 12.8. The van der Waals surface area contributed by atoms with E-state index in [9.17, 15) is 26.9 Å². The lowest BCUT2D eigenvalue weighted by Crippen LogP contribution is -2.42. The van der Waals surface area contributed by atoms with Crippen molar-refractivity contribution >= 4 is 32.7 Å². The average Bonchev–Trinajstić information content (AvgIpc) is 2.99. The van der Waals surface area contributed by atoms with Crippen molar-refractivity contribution in [3.05, 3.63) is 47.1 Å². The summed E-state index contributed by atoms with van der Waals surface area (Å²) in [6.45, 7) is 0.736. The van der Waals surface area contributed by atoms with Crippen LogP contribution in [-0.4, -0.2) is 30.2 Å². The molecule has 4 rings (SSSR count). The van der Waals surface area contributed by atoms with Gasteiger partial charge in [-0.2, -0.15) is 23.2 Å². The molecule has 2 aromatic heterocycles. The summed E-state index contributed by atoms with van der Waals surface area (Å²) in [7, 11) is -4.38. The van der Waals surface area contributed by atoms with Crippen molar-refractivity contribution in [3.63, 3.8) is 0 Å². The third kappa shape index (κ3) is 3.96. The first kappa shape index (κ1) is 22.6. The summed E-state index contributed by atoms with van der Waals surface area (Å²) in [5, 5.41) is 10.9. The van der Waals surface area contributed by atoms with Crippen molar-refractivity contribution in [2.75, 3.05) is 0 Å². The minimum atomic E-state index is -4.70. The number of nitrogens with one attached hydrogen (secondary N) is 1. The first-order chi connectivity index (χ1) is 15.0. The Labute approximate surface area is 187 Å². The van der Waals surface area contributed by atoms with E-state index in [1.807, 2.05) is 4.57 Å². The van der Waals surface area contributed by atoms with E-state index in [1.54, 1.807) is 10.8 Å². The molecule has 0 bridgehead atoms. The number of nitriles is 1. The van der Waals surface area contributed by atoms with Gasteiger partial charge in [-0.25, -0.2) is 13.4 Å². The zero-order chi connectivity index (χ0) is 23.3. The van der Waals surface area contributed by atoms with E-state index in [4.69, 9.17) is 11.6 Å². The molecule has 1 N–H and O–H groups in total. The molecule has 1 aliphatic rings. The number of benzene rings is 1. The van der Waals surface area contributed by atoms with Gasteiger partial charge in [0.2, 0.25) is 10.0 Å². The van der Waals surface area contributed by atoms with Crippen molar-refractivity contribution < 1.29 is 21.6 Å². The molecule has 1 aromatic carbocycles. The maximum absolute atomic E-state index is 12.8. The van der Waals surface area contributed by atoms with Crippen molar-refractivity contribution in [3.8, 4) is 17.3 Å². The molecule has 0 aliphatic heterocycles. The number of hydrogen-bond acceptors (Lipinski definition) is 4. The highest BCUT2D eigenvalue weighted by Crippen LogP contribution is 2.42. The zero-order valence-electron chi connectivity index (χ0n) is 16.8. The Bertz CT molecular complexity index is 1320. The Balaban J connectivity index is 1.80. The second-order valence-corrected chi connectivity index (χ2v) is 9.87. The van der Waals surface area contributed by atoms with Gasteiger partial charge in [0.1, 0.15) is 17.8 Å². The lowest BCUT2D eigenvalue weighted by atomic mass is 9.92. The van der Waals surface area contributed by atoms with Gasteiger partial charge in [0, 0.05) is 17.6 Å². The van der Waals surface area contributed by atoms with Crippen LogP contribution in [0, 0.1) is 11.3 Å². The van der Waals surface area contributed by atoms with E-state index in [2.05, 4.69) is 11.1 Å². The quantitative estimate of drug-likeness (QED) is 0.542. The van der Waals surface area contributed by atoms with E-state index in [0.29, 0.717) is 32.9 Å². The van der Waals surface area contributed by atoms with Crippen LogP contribution in [0.3, 0.4) is 0 Å². The molecule has 168 valence electrons. The first-order valence-corrected chi connectivity index (χ1v) is 11.7. The normalized spacial score (nSPS) is 16.0. The number of hydrogen-bond donors (Lipinski definition) is 1. The van der Waals surface area contributed by atoms with E-state index in [0.717, 1.165) is 26.2 Å². The fraction of sp³-hybridized carbons (Fsp3) is 0.333. The summed E-state index contributed by atoms with van der Waals surface area (Å²) in [5.41, 5.74) is 2.12. The molecule has 3 aromatic rings. The Morgan fingerprint density at radius 1 is 1.28 bits per heavy atom. The molecule has 1 aliphatic carbocycles. The smallest absolute Gasteiger partial charge is 0.321 e. The summed E-state index contributed by atoms with van der Waals surface area (Å²) in [4.78, 5) is 4.12. The molecule has 1 saturated carbocycles. The standard InChI is InChI=1S/C21H18ClF3N4O2S/c1-12(21(23,24)25)28-32(30,31)16-7-5-13(6-8-16)19-18(10-26)17-9-14(22)11-27-20(17)29(19)15-3-2-4-15/h5-9,11-12,15,28H,2-4H2,1H3/t12-/m0/s1. The summed E-state index contributed by atoms with van der Waals surface area (Å²) in [5.74, 6) is 0. The van der Waals surface area contributed by atoms with Gasteiger partial charge in [-0.15, -0.1) is 0 Å². The van der Waals surface area contributed by atoms with E-state index >= 15 is 0 Å². The Morgan fingerprint density at radius 3 is 2.47 bits per heavy atom. The van der Waals surface area contributed by atoms with Gasteiger partial charge in [-0.3, -0.25) is 0 Å². The number of halogens is 4. The van der Waals surface area contributed by atoms with Crippen LogP contribution in [0.15, 0.2) is 41.4 Å². The molecule has 11 heteroatoms. The fourth-order valence-corrected chi connectivity index (χ4v) is 5.11. The van der Waals surface area contributed by atoms with Crippen LogP contribution < -0.4 is 4.72 Å². The third-order valence-corrected chi connectivity index (χ3v) is 7.38. The van der Waals surface area contributed by atoms with Gasteiger partial charge < -0.3 is 4.57 Å². The molecule has 1 fully saturated rings. The van der Waals surface area contributed by atoms with Gasteiger partial charge in [0.15, 0.2) is 0 Å². The van der Waals surface area contributed by atoms with Gasteiger partial charge in [0.05, 0.1) is 21.2 Å². The molecule has 0 radical (unpaired) electrons. The van der Waals surface area contributed by atoms with Crippen LogP contribution in [-0.2, 0) is 10.0 Å². The highest BCUT2D eigenvalue weighted by Gasteiger charge is 2.39. The predicted molar refractivity (Wildman–Crippen MR) is 114 cm³/mol. The average molecular weight is 483 g/mol. The SMILES string of the molecule is C[C@H](NS(=O)(=O)c1ccc(-c2c(C#N)c3cc(Cl)cnc3n2C2CCC2)cc1)C(F)(F)F. The summed E-state index contributed by atoms with van der Waals surface area (Å²) >= 11 is 6.09. The van der Waals surface area contributed by atoms with Gasteiger partial charge in [-0.05, 0) is 49.9 Å². The molecule has 1 atom stereocenters. The maximum Gasteiger partial charge on any atom is 0.404 e. The van der Waals surface area contributed by atoms with Crippen molar-refractivity contribution in [2.45, 2.75) is 49.3 Å². The number of pyridine rings is 1. The van der Waals surface area contributed by atoms with Crippen molar-refractivity contribution in [1.29, 1.82) is 5.26 Å². The molecule has 2 heterocycles. The number of nitrogens with zero attached hydrogens (tertiary/aromatic N) is 3. The van der Waals surface area contributed by atoms with E-state index in [1.165, 1.54) is 30.5 Å². The monoisotopic (exact) mass is 482 g/mol. The molecule has 0 spiro atoms. The van der Waals surface area contributed by atoms with Crippen molar-refractivity contribution in [2.24, 2.45) is 0 Å². The molecule has 6 nitrogen and oxygen atoms in total. The topological polar surface area (TPSA) is 87.8 Å². The molecule has 0 amide bonds.